The van der Waals surface area contributed by atoms with Crippen molar-refractivity contribution in [2.24, 2.45) is 0 Å². The molecule has 0 fully saturated rings. The highest BCUT2D eigenvalue weighted by molar-refractivity contribution is 5.99. The van der Waals surface area contributed by atoms with Crippen LogP contribution in [-0.2, 0) is 16.1 Å². The highest BCUT2D eigenvalue weighted by Crippen LogP contribution is 2.33. The second-order valence-electron chi connectivity index (χ2n) is 5.22. The highest BCUT2D eigenvalue weighted by atomic mass is 16.5. The molecule has 0 saturated heterocycles. The van der Waals surface area contributed by atoms with Crippen LogP contribution in [0.1, 0.15) is 15.9 Å². The summed E-state index contributed by atoms with van der Waals surface area (Å²) in [5, 5.41) is 2.02. The quantitative estimate of drug-likeness (QED) is 0.625. The van der Waals surface area contributed by atoms with Gasteiger partial charge in [0.1, 0.15) is 0 Å². The Labute approximate surface area is 122 Å². The average Bonchev–Trinajstić information content (AvgIpc) is 2.52. The number of nitrogens with zero attached hydrogens (tertiary/aromatic N) is 2. The molecule has 5 nitrogen and oxygen atoms in total. The SMILES string of the molecule is COC(=O)c1ccc2c3c(ccc2c1)N(C=O)CN(C)C3. The number of ether oxygens (including phenoxy) is 1. The standard InChI is InChI=1S/C16H16N2O3/c1-17-8-14-13-5-3-12(16(20)21-2)7-11(13)4-6-15(14)18(9-17)10-19/h3-7,10H,8-9H2,1-2H3. The second kappa shape index (κ2) is 5.18. The first-order valence-electron chi connectivity index (χ1n) is 6.68. The van der Waals surface area contributed by atoms with Crippen LogP contribution in [0.4, 0.5) is 5.69 Å². The topological polar surface area (TPSA) is 49.9 Å². The molecule has 2 aromatic rings. The van der Waals surface area contributed by atoms with Crippen molar-refractivity contribution in [3.05, 3.63) is 41.5 Å². The zero-order valence-electron chi connectivity index (χ0n) is 12.0. The summed E-state index contributed by atoms with van der Waals surface area (Å²) < 4.78 is 4.75. The predicted molar refractivity (Wildman–Crippen MR) is 80.2 cm³/mol. The van der Waals surface area contributed by atoms with Gasteiger partial charge in [-0.05, 0) is 41.6 Å². The van der Waals surface area contributed by atoms with Crippen molar-refractivity contribution in [3.63, 3.8) is 0 Å². The van der Waals surface area contributed by atoms with E-state index in [1.807, 2.05) is 31.3 Å². The van der Waals surface area contributed by atoms with E-state index in [2.05, 4.69) is 4.90 Å². The van der Waals surface area contributed by atoms with Gasteiger partial charge in [-0.3, -0.25) is 9.69 Å². The van der Waals surface area contributed by atoms with Crippen molar-refractivity contribution in [1.29, 1.82) is 0 Å². The van der Waals surface area contributed by atoms with E-state index in [0.717, 1.165) is 35.0 Å². The van der Waals surface area contributed by atoms with Crippen LogP contribution in [0.3, 0.4) is 0 Å². The van der Waals surface area contributed by atoms with Gasteiger partial charge in [0.2, 0.25) is 6.41 Å². The Hall–Kier alpha value is -2.40. The summed E-state index contributed by atoms with van der Waals surface area (Å²) >= 11 is 0. The van der Waals surface area contributed by atoms with Crippen LogP contribution in [0.5, 0.6) is 0 Å². The Morgan fingerprint density at radius 2 is 2.10 bits per heavy atom. The number of hydrogen-bond donors (Lipinski definition) is 0. The van der Waals surface area contributed by atoms with Crippen molar-refractivity contribution in [2.75, 3.05) is 25.7 Å². The van der Waals surface area contributed by atoms with Gasteiger partial charge in [-0.25, -0.2) is 4.79 Å². The highest BCUT2D eigenvalue weighted by Gasteiger charge is 2.21. The van der Waals surface area contributed by atoms with Crippen LogP contribution < -0.4 is 4.90 Å². The van der Waals surface area contributed by atoms with Crippen LogP contribution in [0.25, 0.3) is 10.8 Å². The molecular weight excluding hydrogens is 268 g/mol. The molecule has 0 radical (unpaired) electrons. The molecule has 1 amide bonds. The van der Waals surface area contributed by atoms with E-state index in [0.29, 0.717) is 12.2 Å². The number of anilines is 1. The molecule has 108 valence electrons. The third-order valence-corrected chi connectivity index (χ3v) is 3.79. The molecule has 0 spiro atoms. The lowest BCUT2D eigenvalue weighted by atomic mass is 9.98. The third-order valence-electron chi connectivity index (χ3n) is 3.79. The molecule has 0 aliphatic carbocycles. The lowest BCUT2D eigenvalue weighted by Gasteiger charge is -2.33. The second-order valence-corrected chi connectivity index (χ2v) is 5.22. The zero-order valence-corrected chi connectivity index (χ0v) is 12.0. The molecule has 0 aromatic heterocycles. The van der Waals surface area contributed by atoms with Gasteiger partial charge in [0, 0.05) is 12.2 Å². The van der Waals surface area contributed by atoms with E-state index in [1.54, 1.807) is 11.0 Å². The number of hydrogen-bond acceptors (Lipinski definition) is 4. The molecule has 21 heavy (non-hydrogen) atoms. The Morgan fingerprint density at radius 3 is 2.81 bits per heavy atom. The molecule has 0 atom stereocenters. The van der Waals surface area contributed by atoms with Crippen LogP contribution in [-0.4, -0.2) is 38.1 Å². The summed E-state index contributed by atoms with van der Waals surface area (Å²) in [7, 11) is 3.34. The molecule has 0 N–H and O–H groups in total. The van der Waals surface area contributed by atoms with Gasteiger partial charge >= 0.3 is 5.97 Å². The van der Waals surface area contributed by atoms with Crippen molar-refractivity contribution in [1.82, 2.24) is 4.90 Å². The summed E-state index contributed by atoms with van der Waals surface area (Å²) in [6, 6.07) is 9.36. The lowest BCUT2D eigenvalue weighted by molar-refractivity contribution is -0.108. The number of fused-ring (bicyclic) bond motifs is 3. The molecule has 2 aromatic carbocycles. The van der Waals surface area contributed by atoms with Crippen LogP contribution in [0.15, 0.2) is 30.3 Å². The first-order valence-corrected chi connectivity index (χ1v) is 6.68. The molecule has 3 rings (SSSR count). The Kier molecular flexibility index (Phi) is 3.35. The monoisotopic (exact) mass is 284 g/mol. The fourth-order valence-electron chi connectivity index (χ4n) is 2.81. The Balaban J connectivity index is 2.17. The average molecular weight is 284 g/mol. The van der Waals surface area contributed by atoms with E-state index < -0.39 is 0 Å². The first kappa shape index (κ1) is 13.6. The third kappa shape index (κ3) is 2.25. The van der Waals surface area contributed by atoms with E-state index >= 15 is 0 Å². The van der Waals surface area contributed by atoms with E-state index in [1.165, 1.54) is 7.11 Å². The normalized spacial score (nSPS) is 14.9. The van der Waals surface area contributed by atoms with Crippen molar-refractivity contribution < 1.29 is 14.3 Å². The maximum Gasteiger partial charge on any atom is 0.337 e. The summed E-state index contributed by atoms with van der Waals surface area (Å²) in [6.45, 7) is 1.36. The Morgan fingerprint density at radius 1 is 1.29 bits per heavy atom. The molecule has 0 bridgehead atoms. The molecule has 1 aliphatic heterocycles. The minimum atomic E-state index is -0.346. The fourth-order valence-corrected chi connectivity index (χ4v) is 2.81. The molecule has 1 heterocycles. The summed E-state index contributed by atoms with van der Waals surface area (Å²) in [5.74, 6) is -0.346. The maximum atomic E-state index is 11.6. The molecular formula is C16H16N2O3. The number of carbonyl (C=O) groups is 2. The Bertz CT molecular complexity index is 727. The van der Waals surface area contributed by atoms with Gasteiger partial charge < -0.3 is 9.64 Å². The van der Waals surface area contributed by atoms with Crippen molar-refractivity contribution in [3.8, 4) is 0 Å². The smallest absolute Gasteiger partial charge is 0.337 e. The fraction of sp³-hybridized carbons (Fsp3) is 0.250. The predicted octanol–water partition coefficient (Wildman–Crippen LogP) is 1.99. The number of esters is 1. The summed E-state index contributed by atoms with van der Waals surface area (Å²) in [5.41, 5.74) is 2.56. The number of carbonyl (C=O) groups excluding carboxylic acids is 2. The lowest BCUT2D eigenvalue weighted by Crippen LogP contribution is -2.39. The van der Waals surface area contributed by atoms with E-state index in [4.69, 9.17) is 4.74 Å². The van der Waals surface area contributed by atoms with Gasteiger partial charge in [0.25, 0.3) is 0 Å². The van der Waals surface area contributed by atoms with Gasteiger partial charge in [0.05, 0.1) is 19.3 Å². The van der Waals surface area contributed by atoms with Crippen molar-refractivity contribution in [2.45, 2.75) is 6.54 Å². The number of methoxy groups -OCH3 is 1. The summed E-state index contributed by atoms with van der Waals surface area (Å²) in [6.07, 6.45) is 0.850. The maximum absolute atomic E-state index is 11.6. The van der Waals surface area contributed by atoms with Gasteiger partial charge in [0.15, 0.2) is 0 Å². The van der Waals surface area contributed by atoms with Crippen molar-refractivity contribution >= 4 is 28.8 Å². The summed E-state index contributed by atoms with van der Waals surface area (Å²) in [4.78, 5) is 26.6. The minimum Gasteiger partial charge on any atom is -0.465 e. The van der Waals surface area contributed by atoms with Gasteiger partial charge in [-0.15, -0.1) is 0 Å². The first-order chi connectivity index (χ1) is 10.1. The minimum absolute atomic E-state index is 0.346. The number of amides is 1. The molecule has 0 saturated carbocycles. The van der Waals surface area contributed by atoms with Crippen LogP contribution >= 0.6 is 0 Å². The molecule has 1 aliphatic rings. The number of rotatable bonds is 2. The zero-order chi connectivity index (χ0) is 15.0. The largest absolute Gasteiger partial charge is 0.465 e. The van der Waals surface area contributed by atoms with E-state index in [9.17, 15) is 9.59 Å². The van der Waals surface area contributed by atoms with Crippen LogP contribution in [0, 0.1) is 0 Å². The number of benzene rings is 2. The van der Waals surface area contributed by atoms with Gasteiger partial charge in [-0.1, -0.05) is 12.1 Å². The van der Waals surface area contributed by atoms with E-state index in [-0.39, 0.29) is 5.97 Å². The van der Waals surface area contributed by atoms with Gasteiger partial charge in [-0.2, -0.15) is 0 Å². The van der Waals surface area contributed by atoms with Crippen LogP contribution in [0.2, 0.25) is 0 Å². The molecule has 0 unspecified atom stereocenters. The molecule has 5 heteroatoms.